The topological polar surface area (TPSA) is 41.1 Å². The third kappa shape index (κ3) is 3.35. The van der Waals surface area contributed by atoms with Gasteiger partial charge in [0.15, 0.2) is 0 Å². The quantitative estimate of drug-likeness (QED) is 0.824. The summed E-state index contributed by atoms with van der Waals surface area (Å²) in [7, 11) is 0. The molecule has 0 aliphatic heterocycles. The largest absolute Gasteiger partial charge is 0.325 e. The Bertz CT molecular complexity index is 425. The zero-order valence-corrected chi connectivity index (χ0v) is 11.4. The minimum Gasteiger partial charge on any atom is -0.325 e. The van der Waals surface area contributed by atoms with E-state index in [-0.39, 0.29) is 11.9 Å². The van der Waals surface area contributed by atoms with Crippen molar-refractivity contribution in [1.82, 2.24) is 5.32 Å². The van der Waals surface area contributed by atoms with Gasteiger partial charge in [-0.05, 0) is 56.6 Å². The van der Waals surface area contributed by atoms with Crippen molar-refractivity contribution in [3.05, 3.63) is 30.3 Å². The molecule has 2 aliphatic carbocycles. The Hall–Kier alpha value is -1.35. The number of amides is 1. The van der Waals surface area contributed by atoms with Crippen molar-refractivity contribution in [2.45, 2.75) is 44.7 Å². The summed E-state index contributed by atoms with van der Waals surface area (Å²) >= 11 is 0. The van der Waals surface area contributed by atoms with Crippen LogP contribution in [-0.2, 0) is 4.79 Å². The Morgan fingerprint density at radius 2 is 1.68 bits per heavy atom. The first kappa shape index (κ1) is 12.7. The summed E-state index contributed by atoms with van der Waals surface area (Å²) in [6, 6.07) is 10.1. The highest BCUT2D eigenvalue weighted by Gasteiger charge is 2.42. The van der Waals surface area contributed by atoms with Crippen LogP contribution in [0.3, 0.4) is 0 Å². The number of hydrogen-bond donors (Lipinski definition) is 2. The van der Waals surface area contributed by atoms with Crippen LogP contribution in [0.15, 0.2) is 30.3 Å². The maximum Gasteiger partial charge on any atom is 0.241 e. The van der Waals surface area contributed by atoms with Crippen LogP contribution in [0.1, 0.15) is 32.6 Å². The molecule has 3 rings (SSSR count). The van der Waals surface area contributed by atoms with Gasteiger partial charge in [-0.1, -0.05) is 18.2 Å². The molecular weight excluding hydrogens is 236 g/mol. The van der Waals surface area contributed by atoms with E-state index >= 15 is 0 Å². The standard InChI is InChI=1S/C16H22N2O/c1-11(16(19)18-14-5-3-2-4-6-14)17-15(12-7-8-12)13-9-10-13/h2-6,11-13,15,17H,7-10H2,1H3,(H,18,19). The zero-order valence-electron chi connectivity index (χ0n) is 11.4. The second kappa shape index (κ2) is 5.33. The number of anilines is 1. The Labute approximate surface area is 114 Å². The van der Waals surface area contributed by atoms with Crippen LogP contribution >= 0.6 is 0 Å². The summed E-state index contributed by atoms with van der Waals surface area (Å²) in [4.78, 5) is 12.2. The van der Waals surface area contributed by atoms with Crippen molar-refractivity contribution in [2.24, 2.45) is 11.8 Å². The van der Waals surface area contributed by atoms with Crippen LogP contribution in [0.5, 0.6) is 0 Å². The predicted octanol–water partition coefficient (Wildman–Crippen LogP) is 2.79. The maximum absolute atomic E-state index is 12.2. The molecule has 0 bridgehead atoms. The van der Waals surface area contributed by atoms with E-state index in [1.807, 2.05) is 37.3 Å². The molecular formula is C16H22N2O. The van der Waals surface area contributed by atoms with Crippen LogP contribution in [0.25, 0.3) is 0 Å². The Morgan fingerprint density at radius 3 is 2.21 bits per heavy atom. The molecule has 1 atom stereocenters. The Kier molecular flexibility index (Phi) is 3.56. The van der Waals surface area contributed by atoms with E-state index in [0.29, 0.717) is 6.04 Å². The number of carbonyl (C=O) groups excluding carboxylic acids is 1. The van der Waals surface area contributed by atoms with Gasteiger partial charge in [-0.2, -0.15) is 0 Å². The molecule has 2 fully saturated rings. The monoisotopic (exact) mass is 258 g/mol. The summed E-state index contributed by atoms with van der Waals surface area (Å²) < 4.78 is 0. The van der Waals surface area contributed by atoms with E-state index in [4.69, 9.17) is 0 Å². The number of nitrogens with one attached hydrogen (secondary N) is 2. The van der Waals surface area contributed by atoms with E-state index in [2.05, 4.69) is 10.6 Å². The molecule has 0 heterocycles. The number of rotatable bonds is 6. The second-order valence-corrected chi connectivity index (χ2v) is 5.94. The SMILES string of the molecule is CC(NC(C1CC1)C1CC1)C(=O)Nc1ccccc1. The molecule has 3 nitrogen and oxygen atoms in total. The maximum atomic E-state index is 12.2. The third-order valence-electron chi connectivity index (χ3n) is 4.14. The number of para-hydroxylation sites is 1. The molecule has 2 aliphatic rings. The number of hydrogen-bond acceptors (Lipinski definition) is 2. The van der Waals surface area contributed by atoms with Crippen molar-refractivity contribution in [3.8, 4) is 0 Å². The van der Waals surface area contributed by atoms with Gasteiger partial charge < -0.3 is 10.6 Å². The molecule has 1 aromatic rings. The lowest BCUT2D eigenvalue weighted by molar-refractivity contribution is -0.118. The van der Waals surface area contributed by atoms with Gasteiger partial charge in [0.25, 0.3) is 0 Å². The van der Waals surface area contributed by atoms with Gasteiger partial charge >= 0.3 is 0 Å². The van der Waals surface area contributed by atoms with Crippen LogP contribution in [0.2, 0.25) is 0 Å². The van der Waals surface area contributed by atoms with E-state index < -0.39 is 0 Å². The zero-order chi connectivity index (χ0) is 13.2. The van der Waals surface area contributed by atoms with E-state index in [9.17, 15) is 4.79 Å². The van der Waals surface area contributed by atoms with Gasteiger partial charge in [-0.3, -0.25) is 4.79 Å². The summed E-state index contributed by atoms with van der Waals surface area (Å²) in [5, 5.41) is 6.51. The summed E-state index contributed by atoms with van der Waals surface area (Å²) in [5.74, 6) is 1.71. The molecule has 0 spiro atoms. The van der Waals surface area contributed by atoms with Crippen molar-refractivity contribution >= 4 is 11.6 Å². The lowest BCUT2D eigenvalue weighted by atomic mass is 10.1. The van der Waals surface area contributed by atoms with E-state index in [1.54, 1.807) is 0 Å². The van der Waals surface area contributed by atoms with Crippen LogP contribution in [0.4, 0.5) is 5.69 Å². The van der Waals surface area contributed by atoms with Crippen LogP contribution < -0.4 is 10.6 Å². The van der Waals surface area contributed by atoms with Gasteiger partial charge in [0, 0.05) is 11.7 Å². The first-order valence-electron chi connectivity index (χ1n) is 7.36. The van der Waals surface area contributed by atoms with Crippen molar-refractivity contribution < 1.29 is 4.79 Å². The average Bonchev–Trinajstić information content (AvgIpc) is 3.30. The molecule has 3 heteroatoms. The summed E-state index contributed by atoms with van der Waals surface area (Å²) in [6.45, 7) is 1.97. The van der Waals surface area contributed by atoms with E-state index in [1.165, 1.54) is 25.7 Å². The number of benzene rings is 1. The normalized spacial score (nSPS) is 20.3. The fourth-order valence-electron chi connectivity index (χ4n) is 2.70. The van der Waals surface area contributed by atoms with Gasteiger partial charge in [0.2, 0.25) is 5.91 Å². The molecule has 1 aromatic carbocycles. The lowest BCUT2D eigenvalue weighted by Gasteiger charge is -2.22. The summed E-state index contributed by atoms with van der Waals surface area (Å²) in [5.41, 5.74) is 0.871. The molecule has 1 amide bonds. The molecule has 2 N–H and O–H groups in total. The molecule has 2 saturated carbocycles. The molecule has 0 saturated heterocycles. The molecule has 102 valence electrons. The second-order valence-electron chi connectivity index (χ2n) is 5.94. The van der Waals surface area contributed by atoms with Crippen molar-refractivity contribution in [1.29, 1.82) is 0 Å². The van der Waals surface area contributed by atoms with Gasteiger partial charge in [-0.25, -0.2) is 0 Å². The molecule has 19 heavy (non-hydrogen) atoms. The Balaban J connectivity index is 1.54. The van der Waals surface area contributed by atoms with Gasteiger partial charge in [0.1, 0.15) is 0 Å². The molecule has 1 unspecified atom stereocenters. The minimum atomic E-state index is -0.119. The first-order valence-corrected chi connectivity index (χ1v) is 7.36. The van der Waals surface area contributed by atoms with Crippen molar-refractivity contribution in [3.63, 3.8) is 0 Å². The Morgan fingerprint density at radius 1 is 1.11 bits per heavy atom. The van der Waals surface area contributed by atoms with Crippen LogP contribution in [0, 0.1) is 11.8 Å². The highest BCUT2D eigenvalue weighted by Crippen LogP contribution is 2.44. The van der Waals surface area contributed by atoms with Crippen LogP contribution in [-0.4, -0.2) is 18.0 Å². The average molecular weight is 258 g/mol. The van der Waals surface area contributed by atoms with Gasteiger partial charge in [-0.15, -0.1) is 0 Å². The molecule has 0 aromatic heterocycles. The predicted molar refractivity (Wildman–Crippen MR) is 76.9 cm³/mol. The molecule has 0 radical (unpaired) electrons. The highest BCUT2D eigenvalue weighted by atomic mass is 16.2. The highest BCUT2D eigenvalue weighted by molar-refractivity contribution is 5.94. The first-order chi connectivity index (χ1) is 9.24. The van der Waals surface area contributed by atoms with E-state index in [0.717, 1.165) is 17.5 Å². The number of carbonyl (C=O) groups is 1. The fourth-order valence-corrected chi connectivity index (χ4v) is 2.70. The lowest BCUT2D eigenvalue weighted by Crippen LogP contribution is -2.45. The minimum absolute atomic E-state index is 0.0671. The third-order valence-corrected chi connectivity index (χ3v) is 4.14. The fraction of sp³-hybridized carbons (Fsp3) is 0.562. The van der Waals surface area contributed by atoms with Gasteiger partial charge in [0.05, 0.1) is 6.04 Å². The summed E-state index contributed by atoms with van der Waals surface area (Å²) in [6.07, 6.45) is 5.34. The smallest absolute Gasteiger partial charge is 0.241 e. The van der Waals surface area contributed by atoms with Crippen molar-refractivity contribution in [2.75, 3.05) is 5.32 Å².